The molecule has 0 saturated carbocycles. The summed E-state index contributed by atoms with van der Waals surface area (Å²) in [5, 5.41) is 12.5. The van der Waals surface area contributed by atoms with Crippen molar-refractivity contribution in [2.45, 2.75) is 58.5 Å². The molecule has 2 rings (SSSR count). The predicted molar refractivity (Wildman–Crippen MR) is 88.7 cm³/mol. The molecule has 7 nitrogen and oxygen atoms in total. The van der Waals surface area contributed by atoms with E-state index in [-0.39, 0.29) is 11.4 Å². The highest BCUT2D eigenvalue weighted by molar-refractivity contribution is 5.76. The Morgan fingerprint density at radius 3 is 2.74 bits per heavy atom. The molecule has 1 aliphatic rings. The number of likely N-dealkylation sites (N-methyl/N-ethyl adjacent to an activating group) is 1. The Morgan fingerprint density at radius 1 is 1.39 bits per heavy atom. The lowest BCUT2D eigenvalue weighted by atomic mass is 9.86. The summed E-state index contributed by atoms with van der Waals surface area (Å²) in [7, 11) is 4.11. The van der Waals surface area contributed by atoms with Crippen LogP contribution in [0.25, 0.3) is 0 Å². The highest BCUT2D eigenvalue weighted by atomic mass is 16.2. The quantitative estimate of drug-likeness (QED) is 0.794. The summed E-state index contributed by atoms with van der Waals surface area (Å²) in [4.78, 5) is 16.3. The maximum Gasteiger partial charge on any atom is 0.222 e. The van der Waals surface area contributed by atoms with E-state index >= 15 is 0 Å². The van der Waals surface area contributed by atoms with E-state index in [4.69, 9.17) is 0 Å². The molecule has 7 heteroatoms. The molecule has 1 amide bonds. The van der Waals surface area contributed by atoms with E-state index in [9.17, 15) is 4.79 Å². The first-order valence-corrected chi connectivity index (χ1v) is 8.62. The van der Waals surface area contributed by atoms with Crippen molar-refractivity contribution in [3.8, 4) is 0 Å². The second-order valence-electron chi connectivity index (χ2n) is 7.11. The van der Waals surface area contributed by atoms with E-state index in [1.54, 1.807) is 0 Å². The van der Waals surface area contributed by atoms with Crippen molar-refractivity contribution in [2.75, 3.05) is 27.2 Å². The van der Waals surface area contributed by atoms with Gasteiger partial charge in [-0.05, 0) is 49.7 Å². The zero-order valence-electron chi connectivity index (χ0n) is 15.1. The van der Waals surface area contributed by atoms with Crippen LogP contribution in [0.5, 0.6) is 0 Å². The lowest BCUT2D eigenvalue weighted by molar-refractivity contribution is -0.135. The van der Waals surface area contributed by atoms with Crippen LogP contribution in [-0.2, 0) is 16.9 Å². The van der Waals surface area contributed by atoms with E-state index in [0.717, 1.165) is 38.2 Å². The van der Waals surface area contributed by atoms with Crippen molar-refractivity contribution in [1.82, 2.24) is 30.0 Å². The van der Waals surface area contributed by atoms with Crippen molar-refractivity contribution in [1.29, 1.82) is 0 Å². The molecule has 1 aromatic heterocycles. The van der Waals surface area contributed by atoms with Crippen LogP contribution in [-0.4, -0.2) is 63.1 Å². The summed E-state index contributed by atoms with van der Waals surface area (Å²) in [6.07, 6.45) is 3.53. The number of hydrogen-bond donors (Lipinski definition) is 0. The Morgan fingerprint density at radius 2 is 2.13 bits per heavy atom. The van der Waals surface area contributed by atoms with Crippen LogP contribution in [0.1, 0.15) is 52.3 Å². The zero-order valence-corrected chi connectivity index (χ0v) is 15.1. The number of carbonyl (C=O) groups is 1. The molecule has 0 N–H and O–H groups in total. The van der Waals surface area contributed by atoms with Gasteiger partial charge in [0.25, 0.3) is 0 Å². The van der Waals surface area contributed by atoms with Crippen LogP contribution in [0.15, 0.2) is 0 Å². The molecule has 1 unspecified atom stereocenters. The van der Waals surface area contributed by atoms with E-state index < -0.39 is 0 Å². The second-order valence-corrected chi connectivity index (χ2v) is 7.11. The molecule has 1 fully saturated rings. The van der Waals surface area contributed by atoms with Gasteiger partial charge in [0.2, 0.25) is 5.91 Å². The number of tetrazole rings is 1. The molecule has 23 heavy (non-hydrogen) atoms. The van der Waals surface area contributed by atoms with Crippen LogP contribution >= 0.6 is 0 Å². The maximum absolute atomic E-state index is 12.2. The third-order valence-electron chi connectivity index (χ3n) is 4.85. The molecule has 130 valence electrons. The van der Waals surface area contributed by atoms with E-state index in [1.807, 2.05) is 16.5 Å². The minimum atomic E-state index is -0.302. The van der Waals surface area contributed by atoms with Gasteiger partial charge in [-0.15, -0.1) is 5.10 Å². The highest BCUT2D eigenvalue weighted by Gasteiger charge is 2.44. The highest BCUT2D eigenvalue weighted by Crippen LogP contribution is 2.35. The van der Waals surface area contributed by atoms with Crippen LogP contribution in [0.4, 0.5) is 0 Å². The first kappa shape index (κ1) is 17.8. The van der Waals surface area contributed by atoms with Gasteiger partial charge in [-0.2, -0.15) is 0 Å². The molecule has 1 aliphatic heterocycles. The van der Waals surface area contributed by atoms with E-state index in [1.165, 1.54) is 0 Å². The minimum absolute atomic E-state index is 0.206. The van der Waals surface area contributed by atoms with Crippen molar-refractivity contribution >= 4 is 5.91 Å². The van der Waals surface area contributed by atoms with E-state index in [2.05, 4.69) is 48.4 Å². The van der Waals surface area contributed by atoms with Crippen molar-refractivity contribution in [3.63, 3.8) is 0 Å². The van der Waals surface area contributed by atoms with Gasteiger partial charge in [-0.3, -0.25) is 9.69 Å². The molecule has 1 aromatic rings. The number of likely N-dealkylation sites (tertiary alicyclic amines) is 1. The number of aromatic nitrogens is 4. The number of hydrogen-bond acceptors (Lipinski definition) is 5. The predicted octanol–water partition coefficient (Wildman–Crippen LogP) is 1.51. The smallest absolute Gasteiger partial charge is 0.222 e. The fourth-order valence-corrected chi connectivity index (χ4v) is 3.29. The number of amides is 1. The molecule has 2 heterocycles. The number of piperidine rings is 1. The van der Waals surface area contributed by atoms with Crippen LogP contribution in [0, 0.1) is 5.92 Å². The van der Waals surface area contributed by atoms with Gasteiger partial charge >= 0.3 is 0 Å². The van der Waals surface area contributed by atoms with Gasteiger partial charge in [-0.25, -0.2) is 4.68 Å². The Bertz CT molecular complexity index is 526. The van der Waals surface area contributed by atoms with Crippen molar-refractivity contribution in [3.05, 3.63) is 5.82 Å². The average Bonchev–Trinajstić information content (AvgIpc) is 3.01. The molecule has 0 aromatic carbocycles. The Kier molecular flexibility index (Phi) is 5.73. The Hall–Kier alpha value is -1.50. The summed E-state index contributed by atoms with van der Waals surface area (Å²) in [5.41, 5.74) is -0.302. The molecule has 0 spiro atoms. The Labute approximate surface area is 139 Å². The Balaban J connectivity index is 2.31. The van der Waals surface area contributed by atoms with Crippen LogP contribution in [0.2, 0.25) is 0 Å². The molecule has 0 bridgehead atoms. The third-order valence-corrected chi connectivity index (χ3v) is 4.85. The lowest BCUT2D eigenvalue weighted by Crippen LogP contribution is -2.56. The summed E-state index contributed by atoms with van der Waals surface area (Å²) in [6.45, 7) is 8.63. The second kappa shape index (κ2) is 7.38. The molecular formula is C16H30N6O. The molecule has 1 atom stereocenters. The van der Waals surface area contributed by atoms with Crippen LogP contribution in [0.3, 0.4) is 0 Å². The normalized spacial score (nSPS) is 22.1. The van der Waals surface area contributed by atoms with Crippen molar-refractivity contribution in [2.24, 2.45) is 5.92 Å². The maximum atomic E-state index is 12.2. The largest absolute Gasteiger partial charge is 0.340 e. The first-order valence-electron chi connectivity index (χ1n) is 8.62. The number of carbonyl (C=O) groups excluding carboxylic acids is 1. The number of nitrogens with zero attached hydrogens (tertiary/aromatic N) is 6. The summed E-state index contributed by atoms with van der Waals surface area (Å²) in [5.74, 6) is 1.70. The summed E-state index contributed by atoms with van der Waals surface area (Å²) in [6, 6.07) is 0. The fraction of sp³-hybridized carbons (Fsp3) is 0.875. The summed E-state index contributed by atoms with van der Waals surface area (Å²) < 4.78 is 1.93. The molecular weight excluding hydrogens is 292 g/mol. The topological polar surface area (TPSA) is 67.2 Å². The molecule has 0 aliphatic carbocycles. The molecule has 0 radical (unpaired) electrons. The molecule has 1 saturated heterocycles. The monoisotopic (exact) mass is 322 g/mol. The minimum Gasteiger partial charge on any atom is -0.340 e. The van der Waals surface area contributed by atoms with Crippen LogP contribution < -0.4 is 0 Å². The summed E-state index contributed by atoms with van der Waals surface area (Å²) >= 11 is 0. The van der Waals surface area contributed by atoms with Gasteiger partial charge in [-0.1, -0.05) is 20.8 Å². The van der Waals surface area contributed by atoms with Crippen molar-refractivity contribution < 1.29 is 4.79 Å². The first-order chi connectivity index (χ1) is 10.9. The van der Waals surface area contributed by atoms with Gasteiger partial charge < -0.3 is 4.90 Å². The van der Waals surface area contributed by atoms with Gasteiger partial charge in [0.15, 0.2) is 5.82 Å². The zero-order chi connectivity index (χ0) is 17.0. The van der Waals surface area contributed by atoms with E-state index in [0.29, 0.717) is 18.9 Å². The van der Waals surface area contributed by atoms with Gasteiger partial charge in [0.1, 0.15) is 5.54 Å². The SMILES string of the molecule is CCC(=O)N1CCCC(c2nnnn2CCC(C)C)(N(C)C)C1. The fourth-order valence-electron chi connectivity index (χ4n) is 3.29. The lowest BCUT2D eigenvalue weighted by Gasteiger charge is -2.45. The van der Waals surface area contributed by atoms with Gasteiger partial charge in [0.05, 0.1) is 0 Å². The number of aryl methyl sites for hydroxylation is 1. The third kappa shape index (κ3) is 3.71. The van der Waals surface area contributed by atoms with Gasteiger partial charge in [0, 0.05) is 26.1 Å². The number of rotatable bonds is 6. The standard InChI is InChI=1S/C16H30N6O/c1-6-14(23)21-10-7-9-16(12-21,20(4)5)15-17-18-19-22(15)11-8-13(2)3/h13H,6-12H2,1-5H3. The average molecular weight is 322 g/mol.